The van der Waals surface area contributed by atoms with E-state index in [0.717, 1.165) is 22.6 Å². The second-order valence-corrected chi connectivity index (χ2v) is 6.89. The summed E-state index contributed by atoms with van der Waals surface area (Å²) in [5, 5.41) is 0.612. The molecule has 1 heterocycles. The number of benzene rings is 3. The van der Waals surface area contributed by atoms with Gasteiger partial charge < -0.3 is 4.74 Å². The normalized spacial score (nSPS) is 15.0. The molecule has 0 bridgehead atoms. The number of hydrogen-bond acceptors (Lipinski definition) is 3. The van der Waals surface area contributed by atoms with Crippen molar-refractivity contribution >= 4 is 35.1 Å². The van der Waals surface area contributed by atoms with Gasteiger partial charge in [-0.2, -0.15) is 0 Å². The molecule has 0 radical (unpaired) electrons. The minimum atomic E-state index is -0.187. The lowest BCUT2D eigenvalue weighted by Gasteiger charge is -2.19. The van der Waals surface area contributed by atoms with Gasteiger partial charge in [-0.25, -0.2) is 4.99 Å². The van der Waals surface area contributed by atoms with E-state index in [9.17, 15) is 4.79 Å². The Kier molecular flexibility index (Phi) is 5.45. The van der Waals surface area contributed by atoms with Crippen LogP contribution in [0.4, 0.5) is 5.69 Å². The Morgan fingerprint density at radius 2 is 1.76 bits per heavy atom. The van der Waals surface area contributed by atoms with Crippen molar-refractivity contribution in [2.75, 3.05) is 11.5 Å². The van der Waals surface area contributed by atoms with Gasteiger partial charge in [0.1, 0.15) is 17.3 Å². The van der Waals surface area contributed by atoms with Gasteiger partial charge in [-0.1, -0.05) is 54.1 Å². The first-order valence-electron chi connectivity index (χ1n) is 9.34. The lowest BCUT2D eigenvalue weighted by atomic mass is 10.1. The maximum Gasteiger partial charge on any atom is 0.282 e. The number of anilines is 1. The van der Waals surface area contributed by atoms with Crippen LogP contribution in [0.1, 0.15) is 18.1 Å². The van der Waals surface area contributed by atoms with E-state index >= 15 is 0 Å². The first-order chi connectivity index (χ1) is 14.2. The van der Waals surface area contributed by atoms with Crippen LogP contribution in [0.15, 0.2) is 89.6 Å². The molecule has 0 unspecified atom stereocenters. The number of nitrogens with zero attached hydrogens (tertiary/aromatic N) is 2. The molecule has 3 aromatic rings. The van der Waals surface area contributed by atoms with Gasteiger partial charge in [-0.05, 0) is 55.0 Å². The van der Waals surface area contributed by atoms with Gasteiger partial charge in [0.05, 0.1) is 12.3 Å². The van der Waals surface area contributed by atoms with Crippen LogP contribution in [-0.2, 0) is 4.79 Å². The molecular formula is C24H19ClN2O2. The minimum absolute atomic E-state index is 0.187. The van der Waals surface area contributed by atoms with Crippen LogP contribution in [0.5, 0.6) is 5.75 Å². The number of rotatable bonds is 5. The molecule has 0 saturated heterocycles. The molecule has 1 aliphatic rings. The van der Waals surface area contributed by atoms with Crippen molar-refractivity contribution in [1.82, 2.24) is 0 Å². The van der Waals surface area contributed by atoms with Crippen LogP contribution in [0.3, 0.4) is 0 Å². The van der Waals surface area contributed by atoms with E-state index in [0.29, 0.717) is 23.2 Å². The fourth-order valence-electron chi connectivity index (χ4n) is 3.15. The summed E-state index contributed by atoms with van der Waals surface area (Å²) in [5.74, 6) is 1.16. The molecule has 0 atom stereocenters. The van der Waals surface area contributed by atoms with E-state index < -0.39 is 0 Å². The smallest absolute Gasteiger partial charge is 0.282 e. The first-order valence-corrected chi connectivity index (χ1v) is 9.72. The Morgan fingerprint density at radius 3 is 2.45 bits per heavy atom. The van der Waals surface area contributed by atoms with Gasteiger partial charge in [-0.3, -0.25) is 9.69 Å². The summed E-state index contributed by atoms with van der Waals surface area (Å²) in [6.45, 7) is 2.52. The number of halogens is 1. The molecular weight excluding hydrogens is 384 g/mol. The molecule has 3 aromatic carbocycles. The SMILES string of the molecule is CCOc1ccc(N2C(=O)/C(=C\c3cccc(Cl)c3)N=C2c2ccccc2)cc1. The molecule has 0 fully saturated rings. The number of amidine groups is 1. The molecule has 29 heavy (non-hydrogen) atoms. The van der Waals surface area contributed by atoms with Crippen molar-refractivity contribution in [3.8, 4) is 5.75 Å². The van der Waals surface area contributed by atoms with Crippen LogP contribution in [0, 0.1) is 0 Å². The zero-order valence-electron chi connectivity index (χ0n) is 15.9. The van der Waals surface area contributed by atoms with Gasteiger partial charge in [0.25, 0.3) is 5.91 Å². The van der Waals surface area contributed by atoms with Crippen LogP contribution in [0.2, 0.25) is 5.02 Å². The predicted octanol–water partition coefficient (Wildman–Crippen LogP) is 5.57. The number of amides is 1. The van der Waals surface area contributed by atoms with Gasteiger partial charge in [0.2, 0.25) is 0 Å². The third kappa shape index (κ3) is 4.08. The molecule has 4 rings (SSSR count). The Hall–Kier alpha value is -3.37. The van der Waals surface area contributed by atoms with E-state index in [1.54, 1.807) is 23.1 Å². The average Bonchev–Trinajstić information content (AvgIpc) is 3.06. The highest BCUT2D eigenvalue weighted by Gasteiger charge is 2.32. The largest absolute Gasteiger partial charge is 0.494 e. The summed E-state index contributed by atoms with van der Waals surface area (Å²) in [5.41, 5.74) is 2.78. The summed E-state index contributed by atoms with van der Waals surface area (Å²) in [6.07, 6.45) is 1.76. The molecule has 0 aliphatic carbocycles. The predicted molar refractivity (Wildman–Crippen MR) is 118 cm³/mol. The third-order valence-corrected chi connectivity index (χ3v) is 4.69. The van der Waals surface area contributed by atoms with Crippen LogP contribution in [-0.4, -0.2) is 18.3 Å². The molecule has 144 valence electrons. The molecule has 0 aromatic heterocycles. The number of carbonyl (C=O) groups is 1. The quantitative estimate of drug-likeness (QED) is 0.523. The Morgan fingerprint density at radius 1 is 1.00 bits per heavy atom. The maximum absolute atomic E-state index is 13.3. The third-order valence-electron chi connectivity index (χ3n) is 4.45. The van der Waals surface area contributed by atoms with E-state index in [1.807, 2.05) is 73.7 Å². The van der Waals surface area contributed by atoms with Crippen molar-refractivity contribution in [1.29, 1.82) is 0 Å². The molecule has 1 aliphatic heterocycles. The zero-order valence-corrected chi connectivity index (χ0v) is 16.6. The molecule has 0 spiro atoms. The van der Waals surface area contributed by atoms with Crippen LogP contribution in [0.25, 0.3) is 6.08 Å². The van der Waals surface area contributed by atoms with Crippen molar-refractivity contribution in [2.45, 2.75) is 6.92 Å². The number of aliphatic imine (C=N–C) groups is 1. The summed E-state index contributed by atoms with van der Waals surface area (Å²) >= 11 is 6.08. The monoisotopic (exact) mass is 402 g/mol. The van der Waals surface area contributed by atoms with Crippen molar-refractivity contribution < 1.29 is 9.53 Å². The van der Waals surface area contributed by atoms with E-state index in [4.69, 9.17) is 16.3 Å². The maximum atomic E-state index is 13.3. The van der Waals surface area contributed by atoms with Gasteiger partial charge in [-0.15, -0.1) is 0 Å². The molecule has 0 saturated carbocycles. The number of carbonyl (C=O) groups excluding carboxylic acids is 1. The highest BCUT2D eigenvalue weighted by Crippen LogP contribution is 2.29. The number of ether oxygens (including phenoxy) is 1. The first kappa shape index (κ1) is 19.0. The Labute approximate surface area is 174 Å². The highest BCUT2D eigenvalue weighted by molar-refractivity contribution is 6.33. The topological polar surface area (TPSA) is 41.9 Å². The van der Waals surface area contributed by atoms with E-state index in [-0.39, 0.29) is 5.91 Å². The average molecular weight is 403 g/mol. The standard InChI is InChI=1S/C24H19ClN2O2/c1-2-29-21-13-11-20(12-14-21)27-23(18-8-4-3-5-9-18)26-22(24(27)28)16-17-7-6-10-19(25)15-17/h3-16H,2H2,1H3/b22-16+. The summed E-state index contributed by atoms with van der Waals surface area (Å²) in [6, 6.07) is 24.5. The van der Waals surface area contributed by atoms with E-state index in [2.05, 4.69) is 4.99 Å². The summed E-state index contributed by atoms with van der Waals surface area (Å²) < 4.78 is 5.52. The van der Waals surface area contributed by atoms with E-state index in [1.165, 1.54) is 0 Å². The lowest BCUT2D eigenvalue weighted by molar-refractivity contribution is -0.113. The fourth-order valence-corrected chi connectivity index (χ4v) is 3.35. The molecule has 1 amide bonds. The second-order valence-electron chi connectivity index (χ2n) is 6.45. The Balaban J connectivity index is 1.77. The summed E-state index contributed by atoms with van der Waals surface area (Å²) in [7, 11) is 0. The number of hydrogen-bond donors (Lipinski definition) is 0. The fraction of sp³-hybridized carbons (Fsp3) is 0.0833. The molecule has 4 nitrogen and oxygen atoms in total. The van der Waals surface area contributed by atoms with Crippen molar-refractivity contribution in [3.63, 3.8) is 0 Å². The lowest BCUT2D eigenvalue weighted by Crippen LogP contribution is -2.32. The van der Waals surface area contributed by atoms with Gasteiger partial charge >= 0.3 is 0 Å². The van der Waals surface area contributed by atoms with Crippen LogP contribution >= 0.6 is 11.6 Å². The minimum Gasteiger partial charge on any atom is -0.494 e. The highest BCUT2D eigenvalue weighted by atomic mass is 35.5. The van der Waals surface area contributed by atoms with Gasteiger partial charge in [0.15, 0.2) is 0 Å². The second kappa shape index (κ2) is 8.33. The van der Waals surface area contributed by atoms with Gasteiger partial charge in [0, 0.05) is 10.6 Å². The van der Waals surface area contributed by atoms with Crippen molar-refractivity contribution in [2.24, 2.45) is 4.99 Å². The summed E-state index contributed by atoms with van der Waals surface area (Å²) in [4.78, 5) is 19.6. The molecule has 5 heteroatoms. The molecule has 0 N–H and O–H groups in total. The van der Waals surface area contributed by atoms with Crippen LogP contribution < -0.4 is 9.64 Å². The Bertz CT molecular complexity index is 1090. The zero-order chi connectivity index (χ0) is 20.2. The van der Waals surface area contributed by atoms with Crippen molar-refractivity contribution in [3.05, 3.63) is 101 Å².